The molecule has 1 aliphatic heterocycles. The molecule has 2 fully saturated rings. The Kier molecular flexibility index (Phi) is 3.66. The molecule has 1 aliphatic carbocycles. The van der Waals surface area contributed by atoms with Crippen LogP contribution in [0, 0.1) is 11.3 Å². The van der Waals surface area contributed by atoms with Crippen LogP contribution in [-0.4, -0.2) is 36.7 Å². The highest BCUT2D eigenvalue weighted by Gasteiger charge is 2.51. The van der Waals surface area contributed by atoms with Crippen molar-refractivity contribution in [3.8, 4) is 0 Å². The third-order valence-electron chi connectivity index (χ3n) is 3.94. The first kappa shape index (κ1) is 12.4. The quantitative estimate of drug-likeness (QED) is 0.713. The number of carboxylic acid groups (broad SMARTS) is 1. The minimum Gasteiger partial charge on any atom is -0.480 e. The SMILES string of the molecule is O=C(O)C1(C(=O)NCC2CCOCC2)CCC1. The highest BCUT2D eigenvalue weighted by molar-refractivity contribution is 6.02. The molecule has 0 unspecified atom stereocenters. The molecule has 0 spiro atoms. The Hall–Kier alpha value is -1.10. The first-order valence-electron chi connectivity index (χ1n) is 6.24. The van der Waals surface area contributed by atoms with Crippen molar-refractivity contribution in [2.75, 3.05) is 19.8 Å². The van der Waals surface area contributed by atoms with Crippen molar-refractivity contribution >= 4 is 11.9 Å². The van der Waals surface area contributed by atoms with Gasteiger partial charge in [0, 0.05) is 19.8 Å². The number of carboxylic acids is 1. The Morgan fingerprint density at radius 2 is 1.94 bits per heavy atom. The lowest BCUT2D eigenvalue weighted by Crippen LogP contribution is -2.52. The van der Waals surface area contributed by atoms with Crippen LogP contribution in [0.3, 0.4) is 0 Å². The summed E-state index contributed by atoms with van der Waals surface area (Å²) in [5.41, 5.74) is -1.13. The maximum atomic E-state index is 11.9. The van der Waals surface area contributed by atoms with Crippen LogP contribution in [0.2, 0.25) is 0 Å². The Balaban J connectivity index is 1.82. The molecular weight excluding hydrogens is 222 g/mol. The van der Waals surface area contributed by atoms with E-state index < -0.39 is 11.4 Å². The zero-order valence-corrected chi connectivity index (χ0v) is 9.91. The topological polar surface area (TPSA) is 75.6 Å². The van der Waals surface area contributed by atoms with Gasteiger partial charge in [0.15, 0.2) is 0 Å². The molecule has 1 heterocycles. The van der Waals surface area contributed by atoms with E-state index in [1.807, 2.05) is 0 Å². The Morgan fingerprint density at radius 3 is 2.41 bits per heavy atom. The molecule has 5 heteroatoms. The van der Waals surface area contributed by atoms with Crippen molar-refractivity contribution in [3.63, 3.8) is 0 Å². The van der Waals surface area contributed by atoms with Gasteiger partial charge in [-0.25, -0.2) is 0 Å². The van der Waals surface area contributed by atoms with Gasteiger partial charge in [-0.05, 0) is 31.6 Å². The smallest absolute Gasteiger partial charge is 0.319 e. The maximum Gasteiger partial charge on any atom is 0.319 e. The van der Waals surface area contributed by atoms with Gasteiger partial charge in [-0.1, -0.05) is 6.42 Å². The van der Waals surface area contributed by atoms with Crippen molar-refractivity contribution in [1.29, 1.82) is 0 Å². The lowest BCUT2D eigenvalue weighted by Gasteiger charge is -2.36. The van der Waals surface area contributed by atoms with E-state index in [1.165, 1.54) is 0 Å². The van der Waals surface area contributed by atoms with Crippen LogP contribution in [-0.2, 0) is 14.3 Å². The summed E-state index contributed by atoms with van der Waals surface area (Å²) in [6.07, 6.45) is 3.67. The lowest BCUT2D eigenvalue weighted by atomic mass is 9.68. The van der Waals surface area contributed by atoms with E-state index in [0.717, 1.165) is 32.5 Å². The fourth-order valence-electron chi connectivity index (χ4n) is 2.43. The van der Waals surface area contributed by atoms with Gasteiger partial charge < -0.3 is 15.2 Å². The highest BCUT2D eigenvalue weighted by atomic mass is 16.5. The number of amides is 1. The van der Waals surface area contributed by atoms with Gasteiger partial charge in [0.05, 0.1) is 0 Å². The van der Waals surface area contributed by atoms with E-state index >= 15 is 0 Å². The van der Waals surface area contributed by atoms with Crippen molar-refractivity contribution in [2.45, 2.75) is 32.1 Å². The first-order valence-corrected chi connectivity index (χ1v) is 6.24. The minimum atomic E-state index is -1.13. The van der Waals surface area contributed by atoms with Crippen LogP contribution in [0.25, 0.3) is 0 Å². The molecule has 2 rings (SSSR count). The first-order chi connectivity index (χ1) is 8.15. The second-order valence-electron chi connectivity index (χ2n) is 5.01. The number of nitrogens with one attached hydrogen (secondary N) is 1. The molecule has 0 atom stereocenters. The molecule has 2 aliphatic rings. The number of rotatable bonds is 4. The van der Waals surface area contributed by atoms with Crippen molar-refractivity contribution in [2.24, 2.45) is 11.3 Å². The van der Waals surface area contributed by atoms with Crippen LogP contribution >= 0.6 is 0 Å². The standard InChI is InChI=1S/C12H19NO4/c14-10(12(11(15)16)4-1-5-12)13-8-9-2-6-17-7-3-9/h9H,1-8H2,(H,13,14)(H,15,16). The molecular formula is C12H19NO4. The third-order valence-corrected chi connectivity index (χ3v) is 3.94. The van der Waals surface area contributed by atoms with Gasteiger partial charge in [0.2, 0.25) is 5.91 Å². The molecule has 96 valence electrons. The molecule has 0 bridgehead atoms. The number of hydrogen-bond acceptors (Lipinski definition) is 3. The second kappa shape index (κ2) is 5.04. The van der Waals surface area contributed by atoms with Gasteiger partial charge in [-0.15, -0.1) is 0 Å². The van der Waals surface area contributed by atoms with Crippen molar-refractivity contribution in [1.82, 2.24) is 5.32 Å². The second-order valence-corrected chi connectivity index (χ2v) is 5.01. The van der Waals surface area contributed by atoms with E-state index in [4.69, 9.17) is 9.84 Å². The zero-order chi connectivity index (χ0) is 12.3. The number of hydrogen-bond donors (Lipinski definition) is 2. The van der Waals surface area contributed by atoms with E-state index in [-0.39, 0.29) is 5.91 Å². The minimum absolute atomic E-state index is 0.303. The fourth-order valence-corrected chi connectivity index (χ4v) is 2.43. The largest absolute Gasteiger partial charge is 0.480 e. The van der Waals surface area contributed by atoms with Gasteiger partial charge in [-0.3, -0.25) is 9.59 Å². The molecule has 5 nitrogen and oxygen atoms in total. The fraction of sp³-hybridized carbons (Fsp3) is 0.833. The lowest BCUT2D eigenvalue weighted by molar-refractivity contribution is -0.162. The molecule has 0 aromatic heterocycles. The normalized spacial score (nSPS) is 23.8. The monoisotopic (exact) mass is 241 g/mol. The summed E-state index contributed by atoms with van der Waals surface area (Å²) in [4.78, 5) is 23.0. The van der Waals surface area contributed by atoms with Crippen molar-refractivity contribution < 1.29 is 19.4 Å². The maximum absolute atomic E-state index is 11.9. The summed E-state index contributed by atoms with van der Waals surface area (Å²) in [7, 11) is 0. The van der Waals surface area contributed by atoms with E-state index in [1.54, 1.807) is 0 Å². The van der Waals surface area contributed by atoms with Gasteiger partial charge in [0.25, 0.3) is 0 Å². The average Bonchev–Trinajstić information content (AvgIpc) is 2.25. The molecule has 0 aromatic rings. The molecule has 1 amide bonds. The van der Waals surface area contributed by atoms with Crippen LogP contribution in [0.5, 0.6) is 0 Å². The summed E-state index contributed by atoms with van der Waals surface area (Å²) in [5, 5.41) is 11.9. The van der Waals surface area contributed by atoms with E-state index in [9.17, 15) is 9.59 Å². The molecule has 0 radical (unpaired) electrons. The number of carbonyl (C=O) groups is 2. The third kappa shape index (κ3) is 2.44. The van der Waals surface area contributed by atoms with Crippen LogP contribution in [0.15, 0.2) is 0 Å². The average molecular weight is 241 g/mol. The highest BCUT2D eigenvalue weighted by Crippen LogP contribution is 2.41. The van der Waals surface area contributed by atoms with E-state index in [2.05, 4.69) is 5.32 Å². The summed E-state index contributed by atoms with van der Waals surface area (Å²) in [5.74, 6) is -0.852. The summed E-state index contributed by atoms with van der Waals surface area (Å²) in [6.45, 7) is 2.06. The van der Waals surface area contributed by atoms with E-state index in [0.29, 0.717) is 25.3 Å². The predicted octanol–water partition coefficient (Wildman–Crippen LogP) is 0.784. The Morgan fingerprint density at radius 1 is 1.29 bits per heavy atom. The van der Waals surface area contributed by atoms with Gasteiger partial charge >= 0.3 is 5.97 Å². The summed E-state index contributed by atoms with van der Waals surface area (Å²) in [6, 6.07) is 0. The van der Waals surface area contributed by atoms with Crippen LogP contribution in [0.1, 0.15) is 32.1 Å². The molecule has 17 heavy (non-hydrogen) atoms. The Labute approximate surface area is 101 Å². The summed E-state index contributed by atoms with van der Waals surface area (Å²) >= 11 is 0. The van der Waals surface area contributed by atoms with Gasteiger partial charge in [0.1, 0.15) is 5.41 Å². The van der Waals surface area contributed by atoms with Gasteiger partial charge in [-0.2, -0.15) is 0 Å². The summed E-state index contributed by atoms with van der Waals surface area (Å²) < 4.78 is 5.24. The zero-order valence-electron chi connectivity index (χ0n) is 9.91. The number of carbonyl (C=O) groups excluding carboxylic acids is 1. The number of aliphatic carboxylic acids is 1. The number of ether oxygens (including phenoxy) is 1. The van der Waals surface area contributed by atoms with Crippen LogP contribution < -0.4 is 5.32 Å². The molecule has 1 saturated carbocycles. The molecule has 2 N–H and O–H groups in total. The molecule has 1 saturated heterocycles. The van der Waals surface area contributed by atoms with Crippen LogP contribution in [0.4, 0.5) is 0 Å². The Bertz CT molecular complexity index is 306. The molecule has 0 aromatic carbocycles. The van der Waals surface area contributed by atoms with Crippen molar-refractivity contribution in [3.05, 3.63) is 0 Å². The predicted molar refractivity (Wildman–Crippen MR) is 60.5 cm³/mol.